The summed E-state index contributed by atoms with van der Waals surface area (Å²) in [6.07, 6.45) is 0. The molecular weight excluding hydrogens is 609 g/mol. The highest BCUT2D eigenvalue weighted by Gasteiger charge is 2.17. The smallest absolute Gasteiger partial charge is 0.0433 e. The molecule has 0 bridgehead atoms. The number of hydrogen-bond donors (Lipinski definition) is 0. The zero-order valence-corrected chi connectivity index (χ0v) is 27.4. The summed E-state index contributed by atoms with van der Waals surface area (Å²) in [7, 11) is 0. The van der Waals surface area contributed by atoms with E-state index in [2.05, 4.69) is 170 Å². The third kappa shape index (κ3) is 3.85. The van der Waals surface area contributed by atoms with Gasteiger partial charge in [-0.1, -0.05) is 152 Å². The van der Waals surface area contributed by atoms with Crippen LogP contribution in [0.2, 0.25) is 0 Å². The van der Waals surface area contributed by atoms with Crippen molar-refractivity contribution in [2.45, 2.75) is 0 Å². The summed E-state index contributed by atoms with van der Waals surface area (Å²) >= 11 is 1.90. The Morgan fingerprint density at radius 2 is 0.735 bits per heavy atom. The second-order valence-corrected chi connectivity index (χ2v) is 14.2. The van der Waals surface area contributed by atoms with Gasteiger partial charge in [-0.3, -0.25) is 0 Å². The molecule has 226 valence electrons. The number of fused-ring (bicyclic) bond motifs is 11. The zero-order chi connectivity index (χ0) is 32.1. The van der Waals surface area contributed by atoms with Crippen molar-refractivity contribution in [1.29, 1.82) is 0 Å². The van der Waals surface area contributed by atoms with E-state index in [1.807, 2.05) is 11.3 Å². The maximum atomic E-state index is 2.46. The van der Waals surface area contributed by atoms with Crippen LogP contribution in [-0.4, -0.2) is 0 Å². The molecule has 0 aliphatic rings. The monoisotopic (exact) mass is 636 g/mol. The lowest BCUT2D eigenvalue weighted by Gasteiger charge is -2.17. The van der Waals surface area contributed by atoms with Crippen LogP contribution in [-0.2, 0) is 0 Å². The second kappa shape index (κ2) is 10.2. The highest BCUT2D eigenvalue weighted by Crippen LogP contribution is 2.46. The van der Waals surface area contributed by atoms with E-state index in [0.29, 0.717) is 0 Å². The number of rotatable bonds is 2. The van der Waals surface area contributed by atoms with Crippen LogP contribution in [0.3, 0.4) is 0 Å². The van der Waals surface area contributed by atoms with E-state index in [1.165, 1.54) is 107 Å². The Bertz CT molecular complexity index is 3150. The van der Waals surface area contributed by atoms with Crippen LogP contribution < -0.4 is 0 Å². The van der Waals surface area contributed by atoms with Crippen LogP contribution in [0.1, 0.15) is 0 Å². The van der Waals surface area contributed by atoms with Gasteiger partial charge in [-0.15, -0.1) is 11.3 Å². The quantitative estimate of drug-likeness (QED) is 0.166. The molecule has 0 nitrogen and oxygen atoms in total. The summed E-state index contributed by atoms with van der Waals surface area (Å²) < 4.78 is 2.68. The summed E-state index contributed by atoms with van der Waals surface area (Å²) in [4.78, 5) is 0. The zero-order valence-electron chi connectivity index (χ0n) is 26.6. The van der Waals surface area contributed by atoms with Crippen LogP contribution in [0.5, 0.6) is 0 Å². The van der Waals surface area contributed by atoms with Crippen LogP contribution in [0.25, 0.3) is 107 Å². The van der Waals surface area contributed by atoms with E-state index in [9.17, 15) is 0 Å². The Hall–Kier alpha value is -6.02. The van der Waals surface area contributed by atoms with Gasteiger partial charge in [0.1, 0.15) is 0 Å². The molecule has 0 radical (unpaired) electrons. The molecule has 0 N–H and O–H groups in total. The average molecular weight is 637 g/mol. The predicted octanol–water partition coefficient (Wildman–Crippen LogP) is 14.3. The molecule has 0 spiro atoms. The van der Waals surface area contributed by atoms with Crippen LogP contribution >= 0.6 is 11.3 Å². The summed E-state index contributed by atoms with van der Waals surface area (Å²) in [5.74, 6) is 0. The SMILES string of the molecule is c1ccc(-c2ccc3c(c2)c2cccc4c5cc(-c6cccc7c6sc6ccccc67)ccc5c5ccccc5c5cccc3c5c42)cc1. The van der Waals surface area contributed by atoms with E-state index < -0.39 is 0 Å². The van der Waals surface area contributed by atoms with Gasteiger partial charge in [0.2, 0.25) is 0 Å². The summed E-state index contributed by atoms with van der Waals surface area (Å²) in [5, 5.41) is 18.2. The normalized spacial score (nSPS) is 12.1. The second-order valence-electron chi connectivity index (χ2n) is 13.2. The first kappa shape index (κ1) is 27.0. The van der Waals surface area contributed by atoms with Crippen molar-refractivity contribution in [3.63, 3.8) is 0 Å². The summed E-state index contributed by atoms with van der Waals surface area (Å²) in [5.41, 5.74) is 5.03. The van der Waals surface area contributed by atoms with Gasteiger partial charge in [-0.2, -0.15) is 0 Å². The Kier molecular flexibility index (Phi) is 5.64. The molecule has 0 saturated heterocycles. The van der Waals surface area contributed by atoms with Crippen molar-refractivity contribution >= 4 is 96.1 Å². The fourth-order valence-corrected chi connectivity index (χ4v) is 9.69. The first-order chi connectivity index (χ1) is 24.3. The maximum Gasteiger partial charge on any atom is 0.0433 e. The van der Waals surface area contributed by atoms with Crippen molar-refractivity contribution in [3.05, 3.63) is 170 Å². The third-order valence-electron chi connectivity index (χ3n) is 10.6. The van der Waals surface area contributed by atoms with E-state index in [4.69, 9.17) is 0 Å². The van der Waals surface area contributed by atoms with Crippen LogP contribution in [0.15, 0.2) is 170 Å². The van der Waals surface area contributed by atoms with Crippen molar-refractivity contribution in [2.75, 3.05) is 0 Å². The van der Waals surface area contributed by atoms with Gasteiger partial charge in [0.25, 0.3) is 0 Å². The lowest BCUT2D eigenvalue weighted by Crippen LogP contribution is -1.89. The molecule has 11 rings (SSSR count). The molecule has 0 saturated carbocycles. The molecule has 11 aromatic rings. The van der Waals surface area contributed by atoms with Gasteiger partial charge in [-0.05, 0) is 105 Å². The van der Waals surface area contributed by atoms with Crippen LogP contribution in [0.4, 0.5) is 0 Å². The molecular formula is C48H28S. The molecule has 1 heterocycles. The minimum Gasteiger partial charge on any atom is -0.135 e. The Morgan fingerprint density at radius 1 is 0.265 bits per heavy atom. The fraction of sp³-hybridized carbons (Fsp3) is 0. The van der Waals surface area contributed by atoms with Crippen molar-refractivity contribution in [2.24, 2.45) is 0 Å². The largest absolute Gasteiger partial charge is 0.135 e. The van der Waals surface area contributed by atoms with Gasteiger partial charge < -0.3 is 0 Å². The third-order valence-corrected chi connectivity index (χ3v) is 11.8. The van der Waals surface area contributed by atoms with Gasteiger partial charge in [0.15, 0.2) is 0 Å². The summed E-state index contributed by atoms with van der Waals surface area (Å²) in [6.45, 7) is 0. The Balaban J connectivity index is 1.34. The minimum atomic E-state index is 1.24. The maximum absolute atomic E-state index is 2.46. The van der Waals surface area contributed by atoms with Gasteiger partial charge >= 0.3 is 0 Å². The van der Waals surface area contributed by atoms with E-state index in [0.717, 1.165) is 0 Å². The fourth-order valence-electron chi connectivity index (χ4n) is 8.45. The van der Waals surface area contributed by atoms with E-state index in [-0.39, 0.29) is 0 Å². The number of benzene rings is 9. The highest BCUT2D eigenvalue weighted by atomic mass is 32.1. The van der Waals surface area contributed by atoms with E-state index >= 15 is 0 Å². The van der Waals surface area contributed by atoms with Gasteiger partial charge in [-0.25, -0.2) is 0 Å². The number of hydrogen-bond acceptors (Lipinski definition) is 1. The molecule has 10 aromatic carbocycles. The Labute approximate surface area is 287 Å². The Morgan fingerprint density at radius 3 is 1.45 bits per heavy atom. The topological polar surface area (TPSA) is 0 Å². The molecule has 1 aromatic heterocycles. The van der Waals surface area contributed by atoms with Crippen molar-refractivity contribution < 1.29 is 0 Å². The first-order valence-electron chi connectivity index (χ1n) is 16.9. The van der Waals surface area contributed by atoms with Crippen molar-refractivity contribution in [3.8, 4) is 22.3 Å². The minimum absolute atomic E-state index is 1.24. The number of thiophene rings is 1. The highest BCUT2D eigenvalue weighted by molar-refractivity contribution is 7.26. The van der Waals surface area contributed by atoms with Crippen LogP contribution in [0, 0.1) is 0 Å². The first-order valence-corrected chi connectivity index (χ1v) is 17.7. The lowest BCUT2D eigenvalue weighted by atomic mass is 9.86. The molecule has 0 amide bonds. The lowest BCUT2D eigenvalue weighted by molar-refractivity contribution is 1.65. The average Bonchev–Trinajstić information content (AvgIpc) is 3.56. The molecule has 0 fully saturated rings. The standard InChI is InChI=1S/C48H28S/c1-2-11-29(12-3-1)30-23-25-36-39-18-9-17-38-34-14-5-4-13-33(34)35-26-24-31(32-16-8-21-42-37-15-6-7-22-45(37)49-48(32)42)28-44(35)41-20-10-19-40(43(36)27-30)47(41)46(38)39/h1-28H. The molecule has 0 aliphatic carbocycles. The van der Waals surface area contributed by atoms with Gasteiger partial charge in [0, 0.05) is 20.2 Å². The molecule has 49 heavy (non-hydrogen) atoms. The molecule has 0 unspecified atom stereocenters. The predicted molar refractivity (Wildman–Crippen MR) is 215 cm³/mol. The molecule has 0 atom stereocenters. The molecule has 0 aliphatic heterocycles. The van der Waals surface area contributed by atoms with Crippen molar-refractivity contribution in [1.82, 2.24) is 0 Å². The van der Waals surface area contributed by atoms with Gasteiger partial charge in [0.05, 0.1) is 0 Å². The van der Waals surface area contributed by atoms with E-state index in [1.54, 1.807) is 0 Å². The summed E-state index contributed by atoms with van der Waals surface area (Å²) in [6, 6.07) is 63.3. The molecule has 1 heteroatoms.